The third kappa shape index (κ3) is 6.67. The van der Waals surface area contributed by atoms with Crippen LogP contribution in [0.25, 0.3) is 0 Å². The molecule has 3 rings (SSSR count). The van der Waals surface area contributed by atoms with Crippen molar-refractivity contribution in [2.75, 3.05) is 13.1 Å². The number of hydrogen-bond donors (Lipinski definition) is 0. The number of benzene rings is 2. The average Bonchev–Trinajstić information content (AvgIpc) is 3.23. The van der Waals surface area contributed by atoms with Gasteiger partial charge in [-0.1, -0.05) is 30.7 Å². The molecule has 2 aromatic carbocycles. The number of sulfonamides is 1. The molecule has 0 N–H and O–H groups in total. The van der Waals surface area contributed by atoms with E-state index in [4.69, 9.17) is 11.6 Å². The Kier molecular flexibility index (Phi) is 9.18. The summed E-state index contributed by atoms with van der Waals surface area (Å²) >= 11 is 7.33. The molecular formula is C24H25ClFN3O5S2. The summed E-state index contributed by atoms with van der Waals surface area (Å²) in [6.07, 6.45) is 0.421. The van der Waals surface area contributed by atoms with Crippen LogP contribution in [-0.4, -0.2) is 41.5 Å². The highest BCUT2D eigenvalue weighted by molar-refractivity contribution is 7.89. The first-order valence-corrected chi connectivity index (χ1v) is 13.7. The van der Waals surface area contributed by atoms with Gasteiger partial charge in [0.1, 0.15) is 10.8 Å². The molecule has 0 saturated heterocycles. The van der Waals surface area contributed by atoms with Crippen molar-refractivity contribution < 1.29 is 22.5 Å². The Morgan fingerprint density at radius 2 is 1.83 bits per heavy atom. The van der Waals surface area contributed by atoms with Crippen LogP contribution in [0.5, 0.6) is 0 Å². The highest BCUT2D eigenvalue weighted by Crippen LogP contribution is 2.29. The summed E-state index contributed by atoms with van der Waals surface area (Å²) in [5.74, 6) is -0.851. The lowest BCUT2D eigenvalue weighted by atomic mass is 10.2. The first-order chi connectivity index (χ1) is 17.0. The monoisotopic (exact) mass is 553 g/mol. The average molecular weight is 554 g/mol. The lowest BCUT2D eigenvalue weighted by molar-refractivity contribution is -0.384. The van der Waals surface area contributed by atoms with Crippen LogP contribution in [0.1, 0.15) is 29.3 Å². The van der Waals surface area contributed by atoms with E-state index in [1.807, 2.05) is 18.4 Å². The summed E-state index contributed by atoms with van der Waals surface area (Å²) in [6.45, 7) is 3.68. The van der Waals surface area contributed by atoms with Gasteiger partial charge in [-0.15, -0.1) is 11.3 Å². The van der Waals surface area contributed by atoms with E-state index in [0.29, 0.717) is 12.0 Å². The number of carbonyl (C=O) groups is 1. The normalized spacial score (nSPS) is 11.6. The number of thiophene rings is 1. The second-order valence-electron chi connectivity index (χ2n) is 8.11. The quantitative estimate of drug-likeness (QED) is 0.234. The molecule has 12 heteroatoms. The molecule has 1 amide bonds. The van der Waals surface area contributed by atoms with E-state index in [9.17, 15) is 27.7 Å². The Hall–Kier alpha value is -2.86. The van der Waals surface area contributed by atoms with Crippen LogP contribution in [0.4, 0.5) is 10.1 Å². The number of aryl methyl sites for hydroxylation is 1. The molecule has 8 nitrogen and oxygen atoms in total. The molecule has 0 bridgehead atoms. The van der Waals surface area contributed by atoms with Gasteiger partial charge in [0.25, 0.3) is 5.69 Å². The molecule has 0 aliphatic carbocycles. The van der Waals surface area contributed by atoms with Crippen molar-refractivity contribution in [1.82, 2.24) is 9.21 Å². The molecule has 0 radical (unpaired) electrons. The van der Waals surface area contributed by atoms with E-state index in [1.165, 1.54) is 34.4 Å². The number of carbonyl (C=O) groups excluding carboxylic acids is 1. The van der Waals surface area contributed by atoms with Gasteiger partial charge < -0.3 is 4.90 Å². The molecule has 192 valence electrons. The highest BCUT2D eigenvalue weighted by Gasteiger charge is 2.30. The maximum atomic E-state index is 13.5. The fraction of sp³-hybridized carbons (Fsp3) is 0.292. The van der Waals surface area contributed by atoms with E-state index < -0.39 is 38.9 Å². The van der Waals surface area contributed by atoms with Gasteiger partial charge in [-0.25, -0.2) is 12.8 Å². The lowest BCUT2D eigenvalue weighted by Crippen LogP contribution is -2.42. The molecule has 1 aromatic heterocycles. The van der Waals surface area contributed by atoms with Crippen molar-refractivity contribution in [1.29, 1.82) is 0 Å². The number of nitrogens with zero attached hydrogens (tertiary/aromatic N) is 3. The number of rotatable bonds is 11. The smallest absolute Gasteiger partial charge is 0.289 e. The van der Waals surface area contributed by atoms with Gasteiger partial charge in [0.2, 0.25) is 15.9 Å². The van der Waals surface area contributed by atoms with Gasteiger partial charge in [0, 0.05) is 24.0 Å². The second-order valence-corrected chi connectivity index (χ2v) is 11.5. The minimum absolute atomic E-state index is 0.0346. The topological polar surface area (TPSA) is 101 Å². The van der Waals surface area contributed by atoms with E-state index in [2.05, 4.69) is 0 Å². The van der Waals surface area contributed by atoms with Crippen LogP contribution in [0.15, 0.2) is 58.8 Å². The van der Waals surface area contributed by atoms with Crippen LogP contribution < -0.4 is 0 Å². The third-order valence-corrected chi connectivity index (χ3v) is 8.65. The van der Waals surface area contributed by atoms with Crippen molar-refractivity contribution in [3.63, 3.8) is 0 Å². The molecular weight excluding hydrogens is 529 g/mol. The van der Waals surface area contributed by atoms with Crippen LogP contribution >= 0.6 is 22.9 Å². The summed E-state index contributed by atoms with van der Waals surface area (Å²) in [6, 6.07) is 10.9. The zero-order chi connectivity index (χ0) is 26.5. The molecule has 0 fully saturated rings. The number of amides is 1. The maximum Gasteiger partial charge on any atom is 0.289 e. The molecule has 36 heavy (non-hydrogen) atoms. The Morgan fingerprint density at radius 1 is 1.14 bits per heavy atom. The molecule has 0 aliphatic rings. The minimum atomic E-state index is -4.24. The summed E-state index contributed by atoms with van der Waals surface area (Å²) in [7, 11) is -4.24. The fourth-order valence-corrected chi connectivity index (χ4v) is 6.12. The standard InChI is InChI=1S/C24H25ClFN3O5S2/c1-3-11-28(36(33,34)20-8-9-21(25)22(13-20)29(31)32)16-24(30)27(15-23-17(2)10-12-35-23)14-18-4-6-19(26)7-5-18/h4-10,12-13H,3,11,14-16H2,1-2H3. The predicted octanol–water partition coefficient (Wildman–Crippen LogP) is 5.39. The van der Waals surface area contributed by atoms with Gasteiger partial charge in [-0.2, -0.15) is 4.31 Å². The molecule has 0 unspecified atom stereocenters. The Morgan fingerprint density at radius 3 is 2.42 bits per heavy atom. The third-order valence-electron chi connectivity index (χ3n) is 5.48. The van der Waals surface area contributed by atoms with E-state index in [-0.39, 0.29) is 29.6 Å². The van der Waals surface area contributed by atoms with E-state index in [1.54, 1.807) is 19.1 Å². The largest absolute Gasteiger partial charge is 0.332 e. The van der Waals surface area contributed by atoms with Crippen LogP contribution in [0.2, 0.25) is 5.02 Å². The number of nitro benzene ring substituents is 1. The molecule has 0 aliphatic heterocycles. The van der Waals surface area contributed by atoms with E-state index >= 15 is 0 Å². The van der Waals surface area contributed by atoms with Crippen molar-refractivity contribution in [3.05, 3.63) is 90.9 Å². The molecule has 1 heterocycles. The summed E-state index contributed by atoms with van der Waals surface area (Å²) in [5, 5.41) is 13.0. The van der Waals surface area contributed by atoms with Crippen molar-refractivity contribution in [3.8, 4) is 0 Å². The second kappa shape index (κ2) is 11.9. The molecule has 0 spiro atoms. The Balaban J connectivity index is 1.91. The van der Waals surface area contributed by atoms with Crippen LogP contribution in [0.3, 0.4) is 0 Å². The number of nitro groups is 1. The first-order valence-electron chi connectivity index (χ1n) is 11.0. The van der Waals surface area contributed by atoms with E-state index in [0.717, 1.165) is 26.9 Å². The van der Waals surface area contributed by atoms with Crippen molar-refractivity contribution in [2.24, 2.45) is 0 Å². The van der Waals surface area contributed by atoms with Gasteiger partial charge in [0.05, 0.1) is 22.9 Å². The lowest BCUT2D eigenvalue weighted by Gasteiger charge is -2.27. The van der Waals surface area contributed by atoms with Crippen molar-refractivity contribution >= 4 is 44.6 Å². The fourth-order valence-electron chi connectivity index (χ4n) is 3.51. The first kappa shape index (κ1) is 27.7. The van der Waals surface area contributed by atoms with Crippen molar-refractivity contribution in [2.45, 2.75) is 38.3 Å². The maximum absolute atomic E-state index is 13.5. The Bertz CT molecular complexity index is 1350. The minimum Gasteiger partial charge on any atom is -0.332 e. The van der Waals surface area contributed by atoms with Gasteiger partial charge >= 0.3 is 0 Å². The number of halogens is 2. The predicted molar refractivity (Wildman–Crippen MR) is 137 cm³/mol. The summed E-state index contributed by atoms with van der Waals surface area (Å²) in [5.41, 5.74) is 1.16. The zero-order valence-electron chi connectivity index (χ0n) is 19.7. The highest BCUT2D eigenvalue weighted by atomic mass is 35.5. The van der Waals surface area contributed by atoms with Crippen LogP contribution in [0, 0.1) is 22.9 Å². The van der Waals surface area contributed by atoms with Gasteiger partial charge in [0.15, 0.2) is 0 Å². The van der Waals surface area contributed by atoms with Crippen LogP contribution in [-0.2, 0) is 27.9 Å². The summed E-state index contributed by atoms with van der Waals surface area (Å²) < 4.78 is 41.2. The Labute approximate surface area is 218 Å². The molecule has 0 saturated carbocycles. The van der Waals surface area contributed by atoms with Gasteiger partial charge in [-0.05, 0) is 60.2 Å². The number of hydrogen-bond acceptors (Lipinski definition) is 6. The van der Waals surface area contributed by atoms with Gasteiger partial charge in [-0.3, -0.25) is 14.9 Å². The zero-order valence-corrected chi connectivity index (χ0v) is 22.1. The summed E-state index contributed by atoms with van der Waals surface area (Å²) in [4.78, 5) is 26.1. The molecule has 0 atom stereocenters. The molecule has 3 aromatic rings. The SMILES string of the molecule is CCCN(CC(=O)N(Cc1ccc(F)cc1)Cc1sccc1C)S(=O)(=O)c1ccc(Cl)c([N+](=O)[O-])c1.